The van der Waals surface area contributed by atoms with Crippen molar-refractivity contribution in [1.82, 2.24) is 14.5 Å². The Balaban J connectivity index is 1.47. The molecule has 0 saturated carbocycles. The molecule has 0 atom stereocenters. The summed E-state index contributed by atoms with van der Waals surface area (Å²) in [4.78, 5) is 20.5. The van der Waals surface area contributed by atoms with Gasteiger partial charge in [-0.2, -0.15) is 0 Å². The summed E-state index contributed by atoms with van der Waals surface area (Å²) in [5.41, 5.74) is 2.24. The molecule has 0 aliphatic heterocycles. The Bertz CT molecular complexity index is 1020. The Hall–Kier alpha value is -2.77. The van der Waals surface area contributed by atoms with Gasteiger partial charge in [0, 0.05) is 17.3 Å². The number of benzene rings is 1. The molecule has 3 aromatic heterocycles. The van der Waals surface area contributed by atoms with Gasteiger partial charge in [-0.25, -0.2) is 4.98 Å². The lowest BCUT2D eigenvalue weighted by molar-refractivity contribution is -0.129. The van der Waals surface area contributed by atoms with Crippen molar-refractivity contribution in [3.05, 3.63) is 88.8 Å². The zero-order chi connectivity index (χ0) is 20.1. The third-order valence-electron chi connectivity index (χ3n) is 4.51. The van der Waals surface area contributed by atoms with Gasteiger partial charge in [0.2, 0.25) is 5.91 Å². The molecule has 4 rings (SSSR count). The Kier molecular flexibility index (Phi) is 6.17. The number of para-hydroxylation sites is 1. The van der Waals surface area contributed by atoms with Gasteiger partial charge < -0.3 is 9.32 Å². The highest BCUT2D eigenvalue weighted by Gasteiger charge is 2.18. The van der Waals surface area contributed by atoms with E-state index in [1.165, 1.54) is 11.8 Å². The number of hydrogen-bond acceptors (Lipinski definition) is 5. The van der Waals surface area contributed by atoms with Crippen molar-refractivity contribution in [2.24, 2.45) is 0 Å². The molecule has 0 spiro atoms. The number of imidazole rings is 1. The molecule has 0 bridgehead atoms. The van der Waals surface area contributed by atoms with E-state index in [9.17, 15) is 4.79 Å². The Morgan fingerprint density at radius 3 is 2.83 bits per heavy atom. The lowest BCUT2D eigenvalue weighted by Crippen LogP contribution is -2.31. The molecule has 3 heterocycles. The first kappa shape index (κ1) is 19.5. The van der Waals surface area contributed by atoms with Crippen LogP contribution in [0.3, 0.4) is 0 Å². The molecule has 0 N–H and O–H groups in total. The molecule has 0 aliphatic rings. The summed E-state index contributed by atoms with van der Waals surface area (Å²) in [5, 5.41) is 2.83. The minimum absolute atomic E-state index is 0.0548. The van der Waals surface area contributed by atoms with Crippen LogP contribution in [0.25, 0.3) is 5.69 Å². The van der Waals surface area contributed by atoms with Crippen molar-refractivity contribution < 1.29 is 9.21 Å². The lowest BCUT2D eigenvalue weighted by atomic mass is 10.2. The van der Waals surface area contributed by atoms with Crippen LogP contribution < -0.4 is 0 Å². The van der Waals surface area contributed by atoms with E-state index >= 15 is 0 Å². The van der Waals surface area contributed by atoms with Gasteiger partial charge in [0.1, 0.15) is 5.76 Å². The van der Waals surface area contributed by atoms with Crippen LogP contribution in [0.15, 0.2) is 82.1 Å². The molecular weight excluding hydrogens is 402 g/mol. The fraction of sp³-hybridized carbons (Fsp3) is 0.182. The van der Waals surface area contributed by atoms with E-state index < -0.39 is 0 Å². The van der Waals surface area contributed by atoms with Crippen molar-refractivity contribution >= 4 is 29.0 Å². The number of furan rings is 1. The minimum Gasteiger partial charge on any atom is -0.467 e. The van der Waals surface area contributed by atoms with Crippen LogP contribution >= 0.6 is 23.1 Å². The van der Waals surface area contributed by atoms with Gasteiger partial charge in [-0.1, -0.05) is 36.0 Å². The van der Waals surface area contributed by atoms with Crippen LogP contribution in [0, 0.1) is 6.92 Å². The van der Waals surface area contributed by atoms with Crippen LogP contribution in [0.4, 0.5) is 0 Å². The zero-order valence-electron chi connectivity index (χ0n) is 16.0. The number of nitrogens with zero attached hydrogens (tertiary/aromatic N) is 3. The Labute approximate surface area is 178 Å². The molecule has 0 unspecified atom stereocenters. The van der Waals surface area contributed by atoms with Crippen molar-refractivity contribution in [3.8, 4) is 5.69 Å². The zero-order valence-corrected chi connectivity index (χ0v) is 17.7. The number of amides is 1. The van der Waals surface area contributed by atoms with Gasteiger partial charge >= 0.3 is 0 Å². The molecule has 1 aromatic carbocycles. The summed E-state index contributed by atoms with van der Waals surface area (Å²) in [7, 11) is 0. The van der Waals surface area contributed by atoms with E-state index in [1.807, 2.05) is 57.4 Å². The first-order valence-electron chi connectivity index (χ1n) is 9.25. The third kappa shape index (κ3) is 4.81. The van der Waals surface area contributed by atoms with Crippen molar-refractivity contribution in [2.45, 2.75) is 25.2 Å². The van der Waals surface area contributed by atoms with E-state index in [1.54, 1.807) is 23.8 Å². The highest BCUT2D eigenvalue weighted by molar-refractivity contribution is 7.99. The van der Waals surface area contributed by atoms with Gasteiger partial charge in [0.05, 0.1) is 30.8 Å². The number of carbonyl (C=O) groups is 1. The molecule has 148 valence electrons. The monoisotopic (exact) mass is 423 g/mol. The number of thioether (sulfide) groups is 1. The number of hydrogen-bond donors (Lipinski definition) is 0. The maximum atomic E-state index is 13.0. The number of aryl methyl sites for hydroxylation is 1. The molecule has 0 saturated heterocycles. The van der Waals surface area contributed by atoms with Crippen LogP contribution in [0.1, 0.15) is 16.2 Å². The number of thiophene rings is 1. The summed E-state index contributed by atoms with van der Waals surface area (Å²) in [6.45, 7) is 3.10. The van der Waals surface area contributed by atoms with Gasteiger partial charge in [0.15, 0.2) is 5.16 Å². The maximum absolute atomic E-state index is 13.0. The topological polar surface area (TPSA) is 51.3 Å². The largest absolute Gasteiger partial charge is 0.467 e. The van der Waals surface area contributed by atoms with E-state index in [-0.39, 0.29) is 5.91 Å². The van der Waals surface area contributed by atoms with Crippen LogP contribution in [-0.2, 0) is 17.9 Å². The fourth-order valence-electron chi connectivity index (χ4n) is 3.04. The second-order valence-electron chi connectivity index (χ2n) is 6.56. The second kappa shape index (κ2) is 9.15. The maximum Gasteiger partial charge on any atom is 0.233 e. The minimum atomic E-state index is 0.0548. The summed E-state index contributed by atoms with van der Waals surface area (Å²) in [6, 6.07) is 15.9. The highest BCUT2D eigenvalue weighted by Crippen LogP contribution is 2.24. The Morgan fingerprint density at radius 1 is 1.17 bits per heavy atom. The van der Waals surface area contributed by atoms with Crippen molar-refractivity contribution in [2.75, 3.05) is 5.75 Å². The fourth-order valence-corrected chi connectivity index (χ4v) is 4.63. The van der Waals surface area contributed by atoms with Crippen LogP contribution in [0.5, 0.6) is 0 Å². The summed E-state index contributed by atoms with van der Waals surface area (Å²) in [6.07, 6.45) is 5.34. The van der Waals surface area contributed by atoms with Crippen molar-refractivity contribution in [3.63, 3.8) is 0 Å². The molecule has 0 radical (unpaired) electrons. The first-order chi connectivity index (χ1) is 14.2. The SMILES string of the molecule is Cc1ccccc1-n1ccnc1SCC(=O)N(Cc1ccco1)Cc1cccs1. The van der Waals surface area contributed by atoms with Crippen LogP contribution in [-0.4, -0.2) is 26.1 Å². The average Bonchev–Trinajstić information content (AvgIpc) is 3.49. The smallest absolute Gasteiger partial charge is 0.233 e. The average molecular weight is 424 g/mol. The number of carbonyl (C=O) groups excluding carboxylic acids is 1. The van der Waals surface area contributed by atoms with Gasteiger partial charge in [-0.05, 0) is 42.1 Å². The number of rotatable bonds is 8. The van der Waals surface area contributed by atoms with E-state index in [4.69, 9.17) is 4.42 Å². The second-order valence-corrected chi connectivity index (χ2v) is 8.54. The van der Waals surface area contributed by atoms with Crippen LogP contribution in [0.2, 0.25) is 0 Å². The normalized spacial score (nSPS) is 10.9. The van der Waals surface area contributed by atoms with E-state index in [2.05, 4.69) is 24.0 Å². The van der Waals surface area contributed by atoms with Gasteiger partial charge in [0.25, 0.3) is 0 Å². The van der Waals surface area contributed by atoms with E-state index in [0.29, 0.717) is 18.8 Å². The molecule has 0 aliphatic carbocycles. The molecule has 0 fully saturated rings. The number of aromatic nitrogens is 2. The van der Waals surface area contributed by atoms with Crippen molar-refractivity contribution in [1.29, 1.82) is 0 Å². The predicted molar refractivity (Wildman–Crippen MR) is 116 cm³/mol. The summed E-state index contributed by atoms with van der Waals surface area (Å²) >= 11 is 3.10. The first-order valence-corrected chi connectivity index (χ1v) is 11.1. The van der Waals surface area contributed by atoms with Gasteiger partial charge in [-0.3, -0.25) is 9.36 Å². The lowest BCUT2D eigenvalue weighted by Gasteiger charge is -2.21. The molecule has 1 amide bonds. The summed E-state index contributed by atoms with van der Waals surface area (Å²) < 4.78 is 7.49. The quantitative estimate of drug-likeness (QED) is 0.368. The standard InChI is InChI=1S/C22H21N3O2S2/c1-17-6-2-3-9-20(17)25-11-10-23-22(25)29-16-21(26)24(14-18-7-4-12-27-18)15-19-8-5-13-28-19/h2-13H,14-16H2,1H3. The summed E-state index contributed by atoms with van der Waals surface area (Å²) in [5.74, 6) is 1.15. The molecule has 4 aromatic rings. The third-order valence-corrected chi connectivity index (χ3v) is 6.33. The molecular formula is C22H21N3O2S2. The predicted octanol–water partition coefficient (Wildman–Crippen LogP) is 5.16. The van der Waals surface area contributed by atoms with E-state index in [0.717, 1.165) is 27.0 Å². The van der Waals surface area contributed by atoms with Gasteiger partial charge in [-0.15, -0.1) is 11.3 Å². The molecule has 7 heteroatoms. The Morgan fingerprint density at radius 2 is 2.07 bits per heavy atom. The molecule has 5 nitrogen and oxygen atoms in total. The molecule has 29 heavy (non-hydrogen) atoms. The highest BCUT2D eigenvalue weighted by atomic mass is 32.2.